The Labute approximate surface area is 200 Å². The van der Waals surface area contributed by atoms with Crippen LogP contribution in [0.4, 0.5) is 5.13 Å². The first kappa shape index (κ1) is 23.4. The van der Waals surface area contributed by atoms with Crippen LogP contribution in [0.2, 0.25) is 0 Å². The number of hydrogen-bond donors (Lipinski definition) is 2. The molecule has 9 nitrogen and oxygen atoms in total. The van der Waals surface area contributed by atoms with E-state index in [4.69, 9.17) is 0 Å². The first-order chi connectivity index (χ1) is 16.0. The molecule has 1 fully saturated rings. The third-order valence-corrected chi connectivity index (χ3v) is 7.63. The molecule has 1 aliphatic rings. The van der Waals surface area contributed by atoms with E-state index in [9.17, 15) is 9.59 Å². The second-order valence-corrected chi connectivity index (χ2v) is 10.0. The largest absolute Gasteiger partial charge is 0.342 e. The smallest absolute Gasteiger partial charge is 0.251 e. The van der Waals surface area contributed by atoms with Crippen LogP contribution >= 0.6 is 23.1 Å². The molecule has 4 rings (SSSR count). The Balaban J connectivity index is 1.29. The van der Waals surface area contributed by atoms with Gasteiger partial charge in [-0.2, -0.15) is 0 Å². The van der Waals surface area contributed by atoms with Crippen LogP contribution in [0.25, 0.3) is 0 Å². The van der Waals surface area contributed by atoms with E-state index in [1.165, 1.54) is 42.4 Å². The summed E-state index contributed by atoms with van der Waals surface area (Å²) in [6, 6.07) is 8.69. The molecule has 2 aromatic heterocycles. The molecule has 0 unspecified atom stereocenters. The van der Waals surface area contributed by atoms with Gasteiger partial charge in [0.25, 0.3) is 5.91 Å². The number of nitrogens with zero attached hydrogens (tertiary/aromatic N) is 5. The van der Waals surface area contributed by atoms with Crippen molar-refractivity contribution in [1.29, 1.82) is 0 Å². The number of aromatic nitrogens is 5. The van der Waals surface area contributed by atoms with Crippen molar-refractivity contribution in [2.45, 2.75) is 56.1 Å². The molecule has 1 atom stereocenters. The number of rotatable bonds is 8. The molecule has 0 bridgehead atoms. The molecule has 33 heavy (non-hydrogen) atoms. The Kier molecular flexibility index (Phi) is 7.71. The van der Waals surface area contributed by atoms with Crippen LogP contribution in [0.5, 0.6) is 0 Å². The van der Waals surface area contributed by atoms with Crippen LogP contribution in [0.15, 0.2) is 35.5 Å². The van der Waals surface area contributed by atoms with Crippen LogP contribution in [0.1, 0.15) is 72.2 Å². The minimum Gasteiger partial charge on any atom is -0.342 e. The van der Waals surface area contributed by atoms with E-state index in [2.05, 4.69) is 31.0 Å². The number of nitrogens with one attached hydrogen (secondary N) is 2. The molecule has 0 aliphatic heterocycles. The van der Waals surface area contributed by atoms with Gasteiger partial charge in [-0.1, -0.05) is 60.6 Å². The van der Waals surface area contributed by atoms with Gasteiger partial charge in [-0.3, -0.25) is 14.9 Å². The lowest BCUT2D eigenvalue weighted by atomic mass is 9.90. The highest BCUT2D eigenvalue weighted by Crippen LogP contribution is 2.35. The highest BCUT2D eigenvalue weighted by Gasteiger charge is 2.21. The van der Waals surface area contributed by atoms with Crippen molar-refractivity contribution in [3.8, 4) is 0 Å². The maximum absolute atomic E-state index is 12.4. The third-order valence-electron chi connectivity index (χ3n) is 5.61. The lowest BCUT2D eigenvalue weighted by molar-refractivity contribution is -0.113. The van der Waals surface area contributed by atoms with E-state index in [1.54, 1.807) is 16.7 Å². The van der Waals surface area contributed by atoms with Crippen molar-refractivity contribution in [3.63, 3.8) is 0 Å². The van der Waals surface area contributed by atoms with Crippen molar-refractivity contribution in [1.82, 2.24) is 30.3 Å². The number of carbonyl (C=O) groups is 2. The predicted octanol–water partition coefficient (Wildman–Crippen LogP) is 3.94. The summed E-state index contributed by atoms with van der Waals surface area (Å²) in [6.45, 7) is 1.85. The minimum atomic E-state index is -0.335. The molecule has 1 aromatic carbocycles. The number of amides is 2. The Hall–Kier alpha value is -2.79. The van der Waals surface area contributed by atoms with E-state index in [1.807, 2.05) is 32.2 Å². The highest BCUT2D eigenvalue weighted by molar-refractivity contribution is 7.99. The Morgan fingerprint density at radius 3 is 2.64 bits per heavy atom. The molecule has 0 spiro atoms. The van der Waals surface area contributed by atoms with Crippen molar-refractivity contribution in [2.75, 3.05) is 11.1 Å². The lowest BCUT2D eigenvalue weighted by Crippen LogP contribution is -2.28. The first-order valence-electron chi connectivity index (χ1n) is 11.0. The predicted molar refractivity (Wildman–Crippen MR) is 128 cm³/mol. The number of carbonyl (C=O) groups excluding carboxylic acids is 2. The van der Waals surface area contributed by atoms with Crippen LogP contribution in [0, 0.1) is 0 Å². The van der Waals surface area contributed by atoms with Crippen LogP contribution in [-0.4, -0.2) is 42.5 Å². The van der Waals surface area contributed by atoms with Gasteiger partial charge < -0.3 is 9.88 Å². The highest BCUT2D eigenvalue weighted by atomic mass is 32.2. The summed E-state index contributed by atoms with van der Waals surface area (Å²) in [4.78, 5) is 24.8. The Morgan fingerprint density at radius 1 is 1.12 bits per heavy atom. The second-order valence-electron chi connectivity index (χ2n) is 8.08. The van der Waals surface area contributed by atoms with Crippen LogP contribution in [0.3, 0.4) is 0 Å². The van der Waals surface area contributed by atoms with Gasteiger partial charge in [0.15, 0.2) is 11.0 Å². The minimum absolute atomic E-state index is 0.165. The summed E-state index contributed by atoms with van der Waals surface area (Å²) in [6.07, 6.45) is 6.06. The van der Waals surface area contributed by atoms with E-state index < -0.39 is 0 Å². The molecule has 2 heterocycles. The Morgan fingerprint density at radius 2 is 1.88 bits per heavy atom. The fraction of sp³-hybridized carbons (Fsp3) is 0.455. The van der Waals surface area contributed by atoms with Crippen molar-refractivity contribution in [3.05, 3.63) is 46.7 Å². The van der Waals surface area contributed by atoms with Crippen molar-refractivity contribution in [2.24, 2.45) is 7.05 Å². The SMILES string of the molecule is C[C@H](NC(=O)c1ccccc1)c1nnc(SCC(=O)Nc2nnc(C3CCCCC3)s2)n1C. The molecule has 0 saturated heterocycles. The molecule has 11 heteroatoms. The summed E-state index contributed by atoms with van der Waals surface area (Å²) in [5, 5.41) is 24.7. The average Bonchev–Trinajstić information content (AvgIpc) is 3.45. The van der Waals surface area contributed by atoms with Crippen LogP contribution in [-0.2, 0) is 11.8 Å². The molecule has 1 aliphatic carbocycles. The fourth-order valence-electron chi connectivity index (χ4n) is 3.85. The number of thioether (sulfide) groups is 1. The van der Waals surface area contributed by atoms with E-state index in [0.29, 0.717) is 27.6 Å². The molecular weight excluding hydrogens is 458 g/mol. The van der Waals surface area contributed by atoms with Gasteiger partial charge in [0, 0.05) is 18.5 Å². The van der Waals surface area contributed by atoms with Gasteiger partial charge in [0.1, 0.15) is 5.01 Å². The molecule has 2 amide bonds. The van der Waals surface area contributed by atoms with Gasteiger partial charge in [-0.25, -0.2) is 0 Å². The fourth-order valence-corrected chi connectivity index (χ4v) is 5.49. The number of benzene rings is 1. The molecular formula is C22H27N7O2S2. The molecule has 174 valence electrons. The van der Waals surface area contributed by atoms with Gasteiger partial charge in [-0.15, -0.1) is 20.4 Å². The molecule has 3 aromatic rings. The normalized spacial score (nSPS) is 15.2. The summed E-state index contributed by atoms with van der Waals surface area (Å²) < 4.78 is 1.79. The monoisotopic (exact) mass is 485 g/mol. The summed E-state index contributed by atoms with van der Waals surface area (Å²) in [7, 11) is 1.82. The number of anilines is 1. The zero-order valence-corrected chi connectivity index (χ0v) is 20.3. The van der Waals surface area contributed by atoms with E-state index >= 15 is 0 Å². The zero-order chi connectivity index (χ0) is 23.2. The quantitative estimate of drug-likeness (QED) is 0.465. The topological polar surface area (TPSA) is 115 Å². The van der Waals surface area contributed by atoms with Crippen molar-refractivity contribution >= 4 is 40.0 Å². The van der Waals surface area contributed by atoms with Gasteiger partial charge >= 0.3 is 0 Å². The zero-order valence-electron chi connectivity index (χ0n) is 18.7. The molecule has 1 saturated carbocycles. The number of hydrogen-bond acceptors (Lipinski definition) is 8. The third kappa shape index (κ3) is 5.97. The maximum Gasteiger partial charge on any atom is 0.251 e. The maximum atomic E-state index is 12.4. The molecule has 0 radical (unpaired) electrons. The molecule has 2 N–H and O–H groups in total. The lowest BCUT2D eigenvalue weighted by Gasteiger charge is -2.18. The van der Waals surface area contributed by atoms with E-state index in [0.717, 1.165) is 17.8 Å². The van der Waals surface area contributed by atoms with Gasteiger partial charge in [0.05, 0.1) is 11.8 Å². The van der Waals surface area contributed by atoms with E-state index in [-0.39, 0.29) is 23.6 Å². The summed E-state index contributed by atoms with van der Waals surface area (Å²) in [5.74, 6) is 0.918. The second kappa shape index (κ2) is 10.9. The average molecular weight is 486 g/mol. The summed E-state index contributed by atoms with van der Waals surface area (Å²) in [5.41, 5.74) is 0.584. The van der Waals surface area contributed by atoms with Crippen LogP contribution < -0.4 is 10.6 Å². The Bertz CT molecular complexity index is 1090. The standard InChI is InChI=1S/C22H27N7O2S2/c1-14(23-19(31)15-9-5-3-6-10-15)18-25-28-22(29(18)2)32-13-17(30)24-21-27-26-20(33-21)16-11-7-4-8-12-16/h3,5-6,9-10,14,16H,4,7-8,11-13H2,1-2H3,(H,23,31)(H,24,27,30)/t14-/m0/s1. The summed E-state index contributed by atoms with van der Waals surface area (Å²) >= 11 is 2.75. The van der Waals surface area contributed by atoms with Gasteiger partial charge in [0.2, 0.25) is 11.0 Å². The first-order valence-corrected chi connectivity index (χ1v) is 12.8. The van der Waals surface area contributed by atoms with Crippen molar-refractivity contribution < 1.29 is 9.59 Å². The van der Waals surface area contributed by atoms with Gasteiger partial charge in [-0.05, 0) is 31.9 Å².